The molecule has 0 rings (SSSR count). The molecular weight excluding hydrogens is 383 g/mol. The van der Waals surface area contributed by atoms with E-state index in [0.717, 1.165) is 0 Å². The van der Waals surface area contributed by atoms with E-state index in [1.165, 1.54) is 13.8 Å². The molecule has 0 aliphatic heterocycles. The van der Waals surface area contributed by atoms with E-state index in [2.05, 4.69) is 31.9 Å². The van der Waals surface area contributed by atoms with Crippen LogP contribution in [0.25, 0.3) is 0 Å². The van der Waals surface area contributed by atoms with Crippen LogP contribution in [0, 0.1) is 0 Å². The summed E-state index contributed by atoms with van der Waals surface area (Å²) in [5.41, 5.74) is 0. The quantitative estimate of drug-likeness (QED) is 0.431. The van der Waals surface area contributed by atoms with Gasteiger partial charge < -0.3 is 19.8 Å². The van der Waals surface area contributed by atoms with Crippen molar-refractivity contribution in [2.24, 2.45) is 0 Å². The molecule has 13 heavy (non-hydrogen) atoms. The number of carboxylic acids is 2. The Bertz CT molecular complexity index is 143. The summed E-state index contributed by atoms with van der Waals surface area (Å²) in [6.07, 6.45) is 0. The van der Waals surface area contributed by atoms with Gasteiger partial charge in [0.25, 0.3) is 0 Å². The predicted molar refractivity (Wildman–Crippen MR) is 52.5 cm³/mol. The zero-order chi connectivity index (χ0) is 10.3. The second-order valence-electron chi connectivity index (χ2n) is 1.87. The number of halogens is 2. The van der Waals surface area contributed by atoms with Gasteiger partial charge in [-0.05, 0) is 13.8 Å². The van der Waals surface area contributed by atoms with Crippen molar-refractivity contribution in [3.05, 3.63) is 0 Å². The third kappa shape index (κ3) is 19.7. The normalized spacial score (nSPS) is 12.6. The summed E-state index contributed by atoms with van der Waals surface area (Å²) < 4.78 is 0. The van der Waals surface area contributed by atoms with Gasteiger partial charge in [0.2, 0.25) is 0 Å². The minimum atomic E-state index is -1.07. The van der Waals surface area contributed by atoms with Crippen LogP contribution in [-0.2, 0) is 9.59 Å². The van der Waals surface area contributed by atoms with E-state index < -0.39 is 21.6 Å². The van der Waals surface area contributed by atoms with E-state index >= 15 is 0 Å². The maximum atomic E-state index is 9.54. The number of carbonyl (C=O) groups excluding carboxylic acids is 2. The van der Waals surface area contributed by atoms with Crippen LogP contribution in [0.5, 0.6) is 0 Å². The molecule has 2 atom stereocenters. The largest absolute Gasteiger partial charge is 2.00 e. The van der Waals surface area contributed by atoms with Gasteiger partial charge in [0, 0.05) is 0 Å². The number of aliphatic carboxylic acids is 2. The second-order valence-corrected chi connectivity index (χ2v) is 4.62. The minimum absolute atomic E-state index is 0. The van der Waals surface area contributed by atoms with Crippen LogP contribution in [0.1, 0.15) is 13.8 Å². The van der Waals surface area contributed by atoms with Crippen LogP contribution in [0.4, 0.5) is 0 Å². The summed E-state index contributed by atoms with van der Waals surface area (Å²) in [7, 11) is 0. The molecule has 2 unspecified atom stereocenters. The first-order chi connectivity index (χ1) is 5.29. The maximum Gasteiger partial charge on any atom is 2.00 e. The Morgan fingerprint density at radius 1 is 1.00 bits per heavy atom. The molecule has 0 aliphatic rings. The molecule has 0 radical (unpaired) electrons. The summed E-state index contributed by atoms with van der Waals surface area (Å²) in [5.74, 6) is -2.15. The number of hydrogen-bond acceptors (Lipinski definition) is 4. The molecule has 0 heterocycles. The van der Waals surface area contributed by atoms with Crippen molar-refractivity contribution in [1.29, 1.82) is 0 Å². The third-order valence-corrected chi connectivity index (χ3v) is 1.40. The fourth-order valence-corrected chi connectivity index (χ4v) is 0. The summed E-state index contributed by atoms with van der Waals surface area (Å²) >= 11 is 5.55. The predicted octanol–water partition coefficient (Wildman–Crippen LogP) is -1.34. The first-order valence-electron chi connectivity index (χ1n) is 2.98. The van der Waals surface area contributed by atoms with Crippen molar-refractivity contribution >= 4 is 89.3 Å². The topological polar surface area (TPSA) is 80.3 Å². The maximum absolute atomic E-state index is 9.54. The molecule has 7 heteroatoms. The van der Waals surface area contributed by atoms with E-state index in [-0.39, 0.29) is 45.5 Å². The van der Waals surface area contributed by atoms with Gasteiger partial charge in [-0.25, -0.2) is 0 Å². The summed E-state index contributed by atoms with van der Waals surface area (Å²) in [6, 6.07) is 0. The van der Waals surface area contributed by atoms with Gasteiger partial charge in [-0.3, -0.25) is 0 Å². The number of rotatable bonds is 2. The zero-order valence-electron chi connectivity index (χ0n) is 7.25. The average Bonchev–Trinajstić information content (AvgIpc) is 1.88. The van der Waals surface area contributed by atoms with Gasteiger partial charge in [0.1, 0.15) is 0 Å². The minimum Gasteiger partial charge on any atom is -0.549 e. The monoisotopic (exact) mass is 390 g/mol. The van der Waals surface area contributed by atoms with Gasteiger partial charge in [-0.15, -0.1) is 0 Å². The molecule has 0 saturated heterocycles. The molecule has 0 fully saturated rings. The van der Waals surface area contributed by atoms with Crippen molar-refractivity contribution in [2.45, 2.75) is 23.5 Å². The average molecular weight is 392 g/mol. The van der Waals surface area contributed by atoms with Crippen LogP contribution in [-0.4, -0.2) is 67.1 Å². The van der Waals surface area contributed by atoms with Crippen molar-refractivity contribution in [2.75, 3.05) is 0 Å². The van der Waals surface area contributed by atoms with Gasteiger partial charge >= 0.3 is 45.5 Å². The molecule has 0 aromatic heterocycles. The Hall–Kier alpha value is 1.38. The standard InChI is InChI=1S/2C3H5BrO2.Sr/c2*1-2(4)3(5)6;/h2*2H,1H3,(H,5,6);/q;;+2/p-2. The van der Waals surface area contributed by atoms with E-state index in [9.17, 15) is 19.8 Å². The molecule has 0 aliphatic carbocycles. The molecule has 0 spiro atoms. The Morgan fingerprint density at radius 3 is 1.08 bits per heavy atom. The summed E-state index contributed by atoms with van der Waals surface area (Å²) in [4.78, 5) is 18.0. The molecule has 0 N–H and O–H groups in total. The van der Waals surface area contributed by atoms with Crippen LogP contribution >= 0.6 is 31.9 Å². The van der Waals surface area contributed by atoms with E-state index in [0.29, 0.717) is 0 Å². The van der Waals surface area contributed by atoms with Crippen LogP contribution < -0.4 is 10.2 Å². The molecular formula is C6H8Br2O4Sr. The fraction of sp³-hybridized carbons (Fsp3) is 0.667. The molecule has 0 aromatic rings. The Morgan fingerprint density at radius 2 is 1.08 bits per heavy atom. The van der Waals surface area contributed by atoms with Crippen molar-refractivity contribution in [1.82, 2.24) is 0 Å². The second kappa shape index (κ2) is 11.5. The smallest absolute Gasteiger partial charge is 0.549 e. The van der Waals surface area contributed by atoms with Gasteiger partial charge in [-0.1, -0.05) is 31.9 Å². The number of carbonyl (C=O) groups is 2. The Labute approximate surface area is 131 Å². The van der Waals surface area contributed by atoms with Crippen LogP contribution in [0.2, 0.25) is 0 Å². The van der Waals surface area contributed by atoms with Gasteiger partial charge in [0.15, 0.2) is 0 Å². The van der Waals surface area contributed by atoms with Crippen molar-refractivity contribution in [3.8, 4) is 0 Å². The fourth-order valence-electron chi connectivity index (χ4n) is 0. The summed E-state index contributed by atoms with van der Waals surface area (Å²) in [6.45, 7) is 2.99. The molecule has 0 amide bonds. The van der Waals surface area contributed by atoms with E-state index in [4.69, 9.17) is 0 Å². The molecule has 0 bridgehead atoms. The van der Waals surface area contributed by atoms with Crippen molar-refractivity contribution in [3.63, 3.8) is 0 Å². The third-order valence-electron chi connectivity index (χ3n) is 0.650. The number of carboxylic acid groups (broad SMARTS) is 2. The van der Waals surface area contributed by atoms with E-state index in [1.807, 2.05) is 0 Å². The molecule has 0 aromatic carbocycles. The number of alkyl halides is 2. The van der Waals surface area contributed by atoms with Crippen LogP contribution in [0.15, 0.2) is 0 Å². The summed E-state index contributed by atoms with van der Waals surface area (Å²) in [5, 5.41) is 19.1. The molecule has 0 saturated carbocycles. The van der Waals surface area contributed by atoms with Crippen LogP contribution in [0.3, 0.4) is 0 Å². The van der Waals surface area contributed by atoms with E-state index in [1.54, 1.807) is 0 Å². The SMILES string of the molecule is CC(Br)C(=O)[O-].CC(Br)C(=O)[O-].[Sr+2]. The zero-order valence-corrected chi connectivity index (χ0v) is 13.9. The first kappa shape index (κ1) is 19.9. The van der Waals surface area contributed by atoms with Crippen molar-refractivity contribution < 1.29 is 19.8 Å². The Kier molecular flexibility index (Phi) is 17.5. The van der Waals surface area contributed by atoms with Gasteiger partial charge in [0.05, 0.1) is 21.6 Å². The molecule has 4 nitrogen and oxygen atoms in total. The number of hydrogen-bond donors (Lipinski definition) is 0. The van der Waals surface area contributed by atoms with Gasteiger partial charge in [-0.2, -0.15) is 0 Å². The molecule has 72 valence electrons. The first-order valence-corrected chi connectivity index (χ1v) is 4.82. The Balaban J connectivity index is -0.000000143.